The van der Waals surface area contributed by atoms with Crippen LogP contribution in [0.5, 0.6) is 0 Å². The number of halogens is 2. The molecule has 0 nitrogen and oxygen atoms in total. The number of aryl methyl sites for hydroxylation is 1. The first-order chi connectivity index (χ1) is 12.0. The fourth-order valence-corrected chi connectivity index (χ4v) is 5.82. The van der Waals surface area contributed by atoms with Crippen LogP contribution in [0.2, 0.25) is 0 Å². The average Bonchev–Trinajstić information content (AvgIpc) is 2.90. The van der Waals surface area contributed by atoms with Gasteiger partial charge in [-0.3, -0.25) is 0 Å². The smallest absolute Gasteiger partial charge is 1.00 e. The van der Waals surface area contributed by atoms with Crippen molar-refractivity contribution in [2.24, 2.45) is 0 Å². The molecule has 0 saturated carbocycles. The first-order valence-corrected chi connectivity index (χ1v) is 11.3. The van der Waals surface area contributed by atoms with E-state index in [1.807, 2.05) is 0 Å². The molecule has 0 spiro atoms. The molecule has 2 aromatic rings. The van der Waals surface area contributed by atoms with Crippen LogP contribution in [0, 0.1) is 0 Å². The second-order valence-electron chi connectivity index (χ2n) is 9.85. The van der Waals surface area contributed by atoms with Gasteiger partial charge in [0.1, 0.15) is 0 Å². The molecule has 0 N–H and O–H groups in total. The second kappa shape index (κ2) is 8.95. The summed E-state index contributed by atoms with van der Waals surface area (Å²) in [5.74, 6) is 0. The molecule has 151 valence electrons. The maximum absolute atomic E-state index is 2.53. The predicted molar refractivity (Wildman–Crippen MR) is 110 cm³/mol. The van der Waals surface area contributed by atoms with E-state index < -0.39 is 0 Å². The average molecular weight is 496 g/mol. The quantitative estimate of drug-likeness (QED) is 0.475. The van der Waals surface area contributed by atoms with Crippen molar-refractivity contribution in [3.63, 3.8) is 0 Å². The molecule has 2 aromatic carbocycles. The van der Waals surface area contributed by atoms with Gasteiger partial charge in [0.15, 0.2) is 0 Å². The maximum Gasteiger partial charge on any atom is -1.00 e. The summed E-state index contributed by atoms with van der Waals surface area (Å²) >= 11 is 1.57. The molecule has 0 bridgehead atoms. The van der Waals surface area contributed by atoms with Crippen molar-refractivity contribution in [3.05, 3.63) is 51.6 Å². The number of hydrogen-bond donors (Lipinski definition) is 0. The Bertz CT molecular complexity index is 868. The van der Waals surface area contributed by atoms with Crippen molar-refractivity contribution in [2.75, 3.05) is 0 Å². The zero-order valence-corrected chi connectivity index (χ0v) is 22.6. The van der Waals surface area contributed by atoms with Crippen molar-refractivity contribution in [2.45, 2.75) is 85.5 Å². The Morgan fingerprint density at radius 3 is 1.79 bits per heavy atom. The van der Waals surface area contributed by atoms with Gasteiger partial charge >= 0.3 is 176 Å². The van der Waals surface area contributed by atoms with Crippen LogP contribution in [-0.4, -0.2) is 0 Å². The standard InChI is InChI=1S/C25H33.2ClH.Zr/c1-9-16-11-18-13-19-12-17(10-2)23(25(6,7)8)15-21(19)20(18)14-22(16)24(3,4)5;;;/h11,14-15H,9-10,13H2,1-8H3;2*1H;/q;;;+2/p-2. The molecular weight excluding hydrogens is 462 g/mol. The summed E-state index contributed by atoms with van der Waals surface area (Å²) in [7, 11) is 0. The van der Waals surface area contributed by atoms with Crippen molar-refractivity contribution in [1.29, 1.82) is 0 Å². The molecule has 3 heteroatoms. The van der Waals surface area contributed by atoms with E-state index in [1.165, 1.54) is 22.3 Å². The molecule has 28 heavy (non-hydrogen) atoms. The van der Waals surface area contributed by atoms with Gasteiger partial charge in [-0.05, 0) is 0 Å². The molecule has 1 aliphatic carbocycles. The molecule has 0 aromatic heterocycles. The molecule has 0 atom stereocenters. The van der Waals surface area contributed by atoms with Crippen LogP contribution in [-0.2, 0) is 54.8 Å². The monoisotopic (exact) mass is 493 g/mol. The third kappa shape index (κ3) is 4.48. The zero-order chi connectivity index (χ0) is 19.4. The van der Waals surface area contributed by atoms with Gasteiger partial charge in [-0.1, -0.05) is 0 Å². The number of benzene rings is 2. The first-order valence-electron chi connectivity index (χ1n) is 10.1. The minimum Gasteiger partial charge on any atom is -1.00 e. The van der Waals surface area contributed by atoms with Gasteiger partial charge in [0, 0.05) is 0 Å². The van der Waals surface area contributed by atoms with E-state index in [4.69, 9.17) is 0 Å². The molecule has 0 saturated heterocycles. The molecule has 0 amide bonds. The van der Waals surface area contributed by atoms with E-state index in [2.05, 4.69) is 73.6 Å². The van der Waals surface area contributed by atoms with Crippen molar-refractivity contribution in [1.82, 2.24) is 0 Å². The van der Waals surface area contributed by atoms with Crippen LogP contribution >= 0.6 is 0 Å². The van der Waals surface area contributed by atoms with Crippen LogP contribution in [0.3, 0.4) is 0 Å². The summed E-state index contributed by atoms with van der Waals surface area (Å²) in [4.78, 5) is 0. The molecule has 0 aliphatic heterocycles. The minimum absolute atomic E-state index is 0. The van der Waals surface area contributed by atoms with Crippen molar-refractivity contribution in [3.8, 4) is 11.1 Å². The van der Waals surface area contributed by atoms with Crippen LogP contribution in [0.25, 0.3) is 11.1 Å². The Morgan fingerprint density at radius 1 is 0.786 bits per heavy atom. The van der Waals surface area contributed by atoms with E-state index in [1.54, 1.807) is 50.2 Å². The van der Waals surface area contributed by atoms with E-state index in [9.17, 15) is 0 Å². The van der Waals surface area contributed by atoms with Crippen LogP contribution in [0.4, 0.5) is 0 Å². The van der Waals surface area contributed by atoms with Gasteiger partial charge in [0.2, 0.25) is 0 Å². The topological polar surface area (TPSA) is 0 Å². The van der Waals surface area contributed by atoms with Gasteiger partial charge in [0.25, 0.3) is 0 Å². The number of hydrogen-bond acceptors (Lipinski definition) is 0. The third-order valence-electron chi connectivity index (χ3n) is 5.88. The third-order valence-corrected chi connectivity index (χ3v) is 7.36. The fourth-order valence-electron chi connectivity index (χ4n) is 4.50. The Labute approximate surface area is 200 Å². The molecule has 0 fully saturated rings. The molecule has 0 heterocycles. The summed E-state index contributed by atoms with van der Waals surface area (Å²) in [6.07, 6.45) is 3.39. The molecule has 0 radical (unpaired) electrons. The number of rotatable bonds is 2. The van der Waals surface area contributed by atoms with E-state index in [-0.39, 0.29) is 35.6 Å². The summed E-state index contributed by atoms with van der Waals surface area (Å²) in [5, 5.41) is 0. The van der Waals surface area contributed by atoms with Gasteiger partial charge in [-0.25, -0.2) is 0 Å². The van der Waals surface area contributed by atoms with E-state index in [0.29, 0.717) is 0 Å². The molecule has 3 rings (SSSR count). The summed E-state index contributed by atoms with van der Waals surface area (Å²) in [6, 6.07) is 7.56. The van der Waals surface area contributed by atoms with Crippen LogP contribution < -0.4 is 28.1 Å². The van der Waals surface area contributed by atoms with Gasteiger partial charge in [-0.15, -0.1) is 0 Å². The second-order valence-corrected chi connectivity index (χ2v) is 11.1. The zero-order valence-electron chi connectivity index (χ0n) is 18.6. The van der Waals surface area contributed by atoms with Crippen molar-refractivity contribution < 1.29 is 49.5 Å². The van der Waals surface area contributed by atoms with E-state index >= 15 is 0 Å². The van der Waals surface area contributed by atoms with E-state index in [0.717, 1.165) is 19.3 Å². The Morgan fingerprint density at radius 2 is 1.32 bits per heavy atom. The predicted octanol–water partition coefficient (Wildman–Crippen LogP) is 0.158. The fraction of sp³-hybridized carbons (Fsp3) is 0.520. The first kappa shape index (κ1) is 25.9. The molecule has 1 aliphatic rings. The SMILES string of the molecule is CCc1cc2c(cc1C(C)(C)C)-c1cc(C(C)(C)C)c(CC)[c]([Zr+2])c1C2.[Cl-].[Cl-]. The summed E-state index contributed by atoms with van der Waals surface area (Å²) < 4.78 is 1.62. The Kier molecular flexibility index (Phi) is 8.29. The normalized spacial score (nSPS) is 12.8. The maximum atomic E-state index is 2.53. The van der Waals surface area contributed by atoms with Gasteiger partial charge in [0.05, 0.1) is 0 Å². The Balaban J connectivity index is 0.00000196. The van der Waals surface area contributed by atoms with Crippen LogP contribution in [0.15, 0.2) is 18.2 Å². The van der Waals surface area contributed by atoms with Gasteiger partial charge in [-0.2, -0.15) is 0 Å². The molecular formula is C25H33Cl2Zr. The largest absolute Gasteiger partial charge is 1.00 e. The summed E-state index contributed by atoms with van der Waals surface area (Å²) in [5.41, 5.74) is 12.8. The van der Waals surface area contributed by atoms with Gasteiger partial charge < -0.3 is 24.8 Å². The minimum atomic E-state index is 0. The molecule has 0 unspecified atom stereocenters. The van der Waals surface area contributed by atoms with Crippen LogP contribution in [0.1, 0.15) is 88.8 Å². The Hall–Kier alpha value is -0.0969. The summed E-state index contributed by atoms with van der Waals surface area (Å²) in [6.45, 7) is 18.7. The van der Waals surface area contributed by atoms with Crippen molar-refractivity contribution >= 4 is 3.27 Å². The number of fused-ring (bicyclic) bond motifs is 3.